The Morgan fingerprint density at radius 1 is 1.40 bits per heavy atom. The van der Waals surface area contributed by atoms with Crippen molar-refractivity contribution in [2.45, 2.75) is 12.5 Å². The number of β-amino-alcohol motifs (C(OH)–C–C–N with tert-alkyl or cyclic N) is 1. The molecule has 20 heavy (non-hydrogen) atoms. The van der Waals surface area contributed by atoms with E-state index >= 15 is 0 Å². The number of benzene rings is 1. The van der Waals surface area contributed by atoms with Gasteiger partial charge in [-0.3, -0.25) is 4.79 Å². The van der Waals surface area contributed by atoms with Gasteiger partial charge in [-0.1, -0.05) is 0 Å². The molecular weight excluding hydrogens is 279 g/mol. The number of carbonyl (C=O) groups is 1. The van der Waals surface area contributed by atoms with Gasteiger partial charge in [-0.15, -0.1) is 11.3 Å². The molecule has 2 heterocycles. The predicted octanol–water partition coefficient (Wildman–Crippen LogP) is 2.16. The van der Waals surface area contributed by atoms with E-state index in [1.165, 1.54) is 23.5 Å². The Bertz CT molecular complexity index is 626. The van der Waals surface area contributed by atoms with Crippen LogP contribution in [0.1, 0.15) is 16.9 Å². The minimum Gasteiger partial charge on any atom is -0.391 e. The maximum absolute atomic E-state index is 12.9. The van der Waals surface area contributed by atoms with E-state index in [1.807, 2.05) is 0 Å². The lowest BCUT2D eigenvalue weighted by Gasteiger charge is -2.13. The van der Waals surface area contributed by atoms with E-state index in [-0.39, 0.29) is 11.7 Å². The number of carbonyl (C=O) groups excluding carboxylic acids is 1. The Balaban J connectivity index is 1.79. The molecule has 1 aliphatic rings. The molecule has 1 saturated heterocycles. The SMILES string of the molecule is O=C(c1csc(-c2ccc(F)cc2)n1)N1CC[C@@H](O)C1. The molecule has 0 radical (unpaired) electrons. The van der Waals surface area contributed by atoms with E-state index in [2.05, 4.69) is 4.98 Å². The maximum Gasteiger partial charge on any atom is 0.273 e. The number of hydrogen-bond donors (Lipinski definition) is 1. The molecule has 0 unspecified atom stereocenters. The van der Waals surface area contributed by atoms with Gasteiger partial charge in [0.1, 0.15) is 16.5 Å². The number of rotatable bonds is 2. The first-order chi connectivity index (χ1) is 9.63. The number of amides is 1. The quantitative estimate of drug-likeness (QED) is 0.923. The highest BCUT2D eigenvalue weighted by atomic mass is 32.1. The first kappa shape index (κ1) is 13.2. The van der Waals surface area contributed by atoms with Gasteiger partial charge in [0.2, 0.25) is 0 Å². The molecule has 104 valence electrons. The third-order valence-corrected chi connectivity index (χ3v) is 4.16. The van der Waals surface area contributed by atoms with Crippen LogP contribution < -0.4 is 0 Å². The number of hydrogen-bond acceptors (Lipinski definition) is 4. The summed E-state index contributed by atoms with van der Waals surface area (Å²) < 4.78 is 12.9. The van der Waals surface area contributed by atoms with Crippen molar-refractivity contribution in [3.8, 4) is 10.6 Å². The molecule has 1 aromatic heterocycles. The Kier molecular flexibility index (Phi) is 3.50. The fourth-order valence-electron chi connectivity index (χ4n) is 2.19. The molecule has 6 heteroatoms. The number of likely N-dealkylation sites (tertiary alicyclic amines) is 1. The zero-order valence-corrected chi connectivity index (χ0v) is 11.4. The van der Waals surface area contributed by atoms with Crippen molar-refractivity contribution in [3.05, 3.63) is 41.2 Å². The van der Waals surface area contributed by atoms with Crippen LogP contribution in [0, 0.1) is 5.82 Å². The average Bonchev–Trinajstić information content (AvgIpc) is 3.08. The summed E-state index contributed by atoms with van der Waals surface area (Å²) in [4.78, 5) is 18.1. The molecule has 4 nitrogen and oxygen atoms in total. The second-order valence-electron chi connectivity index (χ2n) is 4.74. The van der Waals surface area contributed by atoms with Crippen molar-refractivity contribution in [2.24, 2.45) is 0 Å². The average molecular weight is 292 g/mol. The summed E-state index contributed by atoms with van der Waals surface area (Å²) in [5.74, 6) is -0.459. The summed E-state index contributed by atoms with van der Waals surface area (Å²) in [5.41, 5.74) is 1.17. The van der Waals surface area contributed by atoms with E-state index in [1.54, 1.807) is 22.4 Å². The van der Waals surface area contributed by atoms with Gasteiger partial charge in [0.25, 0.3) is 5.91 Å². The molecule has 2 aromatic rings. The first-order valence-corrected chi connectivity index (χ1v) is 7.20. The van der Waals surface area contributed by atoms with Crippen molar-refractivity contribution in [2.75, 3.05) is 13.1 Å². The van der Waals surface area contributed by atoms with E-state index in [4.69, 9.17) is 0 Å². The van der Waals surface area contributed by atoms with E-state index in [0.29, 0.717) is 30.2 Å². The molecule has 0 saturated carbocycles. The first-order valence-electron chi connectivity index (χ1n) is 6.32. The highest BCUT2D eigenvalue weighted by Gasteiger charge is 2.26. The van der Waals surface area contributed by atoms with Crippen molar-refractivity contribution < 1.29 is 14.3 Å². The van der Waals surface area contributed by atoms with Gasteiger partial charge in [-0.05, 0) is 30.7 Å². The van der Waals surface area contributed by atoms with Crippen molar-refractivity contribution in [1.29, 1.82) is 0 Å². The molecule has 3 rings (SSSR count). The van der Waals surface area contributed by atoms with E-state index in [0.717, 1.165) is 5.56 Å². The van der Waals surface area contributed by atoms with Crippen molar-refractivity contribution >= 4 is 17.2 Å². The minimum atomic E-state index is -0.436. The van der Waals surface area contributed by atoms with Gasteiger partial charge in [-0.25, -0.2) is 9.37 Å². The Morgan fingerprint density at radius 3 is 2.80 bits per heavy atom. The molecule has 0 aliphatic carbocycles. The third-order valence-electron chi connectivity index (χ3n) is 3.27. The molecule has 0 spiro atoms. The smallest absolute Gasteiger partial charge is 0.273 e. The molecule has 1 aromatic carbocycles. The predicted molar refractivity (Wildman–Crippen MR) is 74.0 cm³/mol. The van der Waals surface area contributed by atoms with Gasteiger partial charge in [-0.2, -0.15) is 0 Å². The Morgan fingerprint density at radius 2 is 2.15 bits per heavy atom. The number of aliphatic hydroxyl groups is 1. The summed E-state index contributed by atoms with van der Waals surface area (Å²) in [6.45, 7) is 0.922. The van der Waals surface area contributed by atoms with Crippen molar-refractivity contribution in [1.82, 2.24) is 9.88 Å². The number of aromatic nitrogens is 1. The molecular formula is C14H13FN2O2S. The Hall–Kier alpha value is -1.79. The molecule has 1 aliphatic heterocycles. The van der Waals surface area contributed by atoms with Gasteiger partial charge in [0, 0.05) is 24.0 Å². The second kappa shape index (κ2) is 5.30. The van der Waals surface area contributed by atoms with Crippen LogP contribution in [0.15, 0.2) is 29.6 Å². The van der Waals surface area contributed by atoms with E-state index < -0.39 is 6.10 Å². The second-order valence-corrected chi connectivity index (χ2v) is 5.60. The fraction of sp³-hybridized carbons (Fsp3) is 0.286. The molecule has 1 amide bonds. The monoisotopic (exact) mass is 292 g/mol. The van der Waals surface area contributed by atoms with Crippen LogP contribution in [0.3, 0.4) is 0 Å². The Labute approximate surface area is 119 Å². The lowest BCUT2D eigenvalue weighted by atomic mass is 10.2. The number of halogens is 1. The number of nitrogens with zero attached hydrogens (tertiary/aromatic N) is 2. The standard InChI is InChI=1S/C14H13FN2O2S/c15-10-3-1-9(2-4-10)13-16-12(8-20-13)14(19)17-6-5-11(18)7-17/h1-4,8,11,18H,5-7H2/t11-/m1/s1. The molecule has 1 atom stereocenters. The number of thiazole rings is 1. The summed E-state index contributed by atoms with van der Waals surface area (Å²) in [6, 6.07) is 6.02. The summed E-state index contributed by atoms with van der Waals surface area (Å²) in [7, 11) is 0. The van der Waals surface area contributed by atoms with Crippen LogP contribution in [0.2, 0.25) is 0 Å². The van der Waals surface area contributed by atoms with Gasteiger partial charge >= 0.3 is 0 Å². The largest absolute Gasteiger partial charge is 0.391 e. The minimum absolute atomic E-state index is 0.161. The maximum atomic E-state index is 12.9. The van der Waals surface area contributed by atoms with Crippen LogP contribution >= 0.6 is 11.3 Å². The molecule has 0 bridgehead atoms. The van der Waals surface area contributed by atoms with E-state index in [9.17, 15) is 14.3 Å². The zero-order chi connectivity index (χ0) is 14.1. The molecule has 1 N–H and O–H groups in total. The normalized spacial score (nSPS) is 18.5. The van der Waals surface area contributed by atoms with Gasteiger partial charge < -0.3 is 10.0 Å². The zero-order valence-electron chi connectivity index (χ0n) is 10.6. The summed E-state index contributed by atoms with van der Waals surface area (Å²) in [6.07, 6.45) is 0.176. The number of aliphatic hydroxyl groups excluding tert-OH is 1. The van der Waals surface area contributed by atoms with Crippen LogP contribution in [0.25, 0.3) is 10.6 Å². The van der Waals surface area contributed by atoms with Crippen LogP contribution in [0.4, 0.5) is 4.39 Å². The van der Waals surface area contributed by atoms with Gasteiger partial charge in [0.05, 0.1) is 6.10 Å². The van der Waals surface area contributed by atoms with Gasteiger partial charge in [0.15, 0.2) is 0 Å². The van der Waals surface area contributed by atoms with Crippen molar-refractivity contribution in [3.63, 3.8) is 0 Å². The lowest BCUT2D eigenvalue weighted by molar-refractivity contribution is 0.0760. The summed E-state index contributed by atoms with van der Waals surface area (Å²) in [5, 5.41) is 11.8. The third kappa shape index (κ3) is 2.57. The highest BCUT2D eigenvalue weighted by molar-refractivity contribution is 7.13. The van der Waals surface area contributed by atoms with Crippen LogP contribution in [-0.4, -0.2) is 40.1 Å². The highest BCUT2D eigenvalue weighted by Crippen LogP contribution is 2.25. The lowest BCUT2D eigenvalue weighted by Crippen LogP contribution is -2.29. The topological polar surface area (TPSA) is 53.4 Å². The molecule has 1 fully saturated rings. The summed E-state index contributed by atoms with van der Waals surface area (Å²) >= 11 is 1.35. The fourth-order valence-corrected chi connectivity index (χ4v) is 2.99. The van der Waals surface area contributed by atoms with Crippen LogP contribution in [0.5, 0.6) is 0 Å². The van der Waals surface area contributed by atoms with Crippen LogP contribution in [-0.2, 0) is 0 Å².